The number of terminal acetylenes is 1. The summed E-state index contributed by atoms with van der Waals surface area (Å²) in [4.78, 5) is 48.6. The molecule has 3 saturated heterocycles. The number of pyridine rings is 1. The third-order valence-electron chi connectivity index (χ3n) is 7.88. The summed E-state index contributed by atoms with van der Waals surface area (Å²) in [7, 11) is -5.24. The summed E-state index contributed by atoms with van der Waals surface area (Å²) in [6, 6.07) is 1.41. The third kappa shape index (κ3) is 5.54. The Kier molecular flexibility index (Phi) is 7.78. The van der Waals surface area contributed by atoms with E-state index in [4.69, 9.17) is 57.3 Å². The van der Waals surface area contributed by atoms with Crippen LogP contribution in [0.5, 0.6) is 0 Å². The molecule has 0 aliphatic carbocycles. The van der Waals surface area contributed by atoms with Crippen LogP contribution in [0.2, 0.25) is 0 Å². The second-order valence-electron chi connectivity index (χ2n) is 10.8. The summed E-state index contributed by atoms with van der Waals surface area (Å²) < 4.78 is 80.1. The number of aromatic amines is 1. The fourth-order valence-electron chi connectivity index (χ4n) is 5.72. The van der Waals surface area contributed by atoms with Crippen LogP contribution in [-0.4, -0.2) is 82.2 Å². The Morgan fingerprint density at radius 2 is 2.00 bits per heavy atom. The average Bonchev–Trinajstić information content (AvgIpc) is 3.74. The highest BCUT2D eigenvalue weighted by atomic mass is 32.5. The molecule has 0 amide bonds. The number of phosphoric ester groups is 1. The highest BCUT2D eigenvalue weighted by Gasteiger charge is 2.56. The van der Waals surface area contributed by atoms with Crippen molar-refractivity contribution < 1.29 is 50.7 Å². The topological polar surface area (TPSA) is 246 Å². The van der Waals surface area contributed by atoms with E-state index in [2.05, 4.69) is 25.9 Å². The Labute approximate surface area is 266 Å². The average molecular weight is 717 g/mol. The summed E-state index contributed by atoms with van der Waals surface area (Å²) in [5.41, 5.74) is 8.66. The lowest BCUT2D eigenvalue weighted by Gasteiger charge is -2.31. The maximum Gasteiger partial charge on any atom is 0.472 e. The molecular weight excluding hydrogens is 692 g/mol. The van der Waals surface area contributed by atoms with Crippen LogP contribution in [-0.2, 0) is 43.9 Å². The quantitative estimate of drug-likeness (QED) is 0.144. The fraction of sp³-hybridized carbons (Fsp3) is 0.417. The number of rotatable bonds is 2. The molecule has 7 N–H and O–H groups in total. The molecule has 4 aromatic heterocycles. The number of anilines is 2. The molecule has 3 aliphatic rings. The largest absolute Gasteiger partial charge is 0.472 e. The first kappa shape index (κ1) is 32.2. The monoisotopic (exact) mass is 716 g/mol. The zero-order valence-corrected chi connectivity index (χ0v) is 26.2. The molecule has 3 fully saturated rings. The maximum absolute atomic E-state index is 15.9. The molecule has 9 atom stereocenters. The summed E-state index contributed by atoms with van der Waals surface area (Å²) in [5.74, 6) is 1.31. The number of nitrogens with zero attached hydrogens (tertiary/aromatic N) is 5. The van der Waals surface area contributed by atoms with E-state index >= 15 is 4.39 Å². The normalized spacial score (nSPS) is 36.4. The second kappa shape index (κ2) is 11.4. The van der Waals surface area contributed by atoms with Crippen molar-refractivity contribution >= 4 is 60.2 Å². The van der Waals surface area contributed by atoms with Gasteiger partial charge in [-0.15, -0.1) is 6.42 Å². The smallest absolute Gasteiger partial charge is 0.398 e. The summed E-state index contributed by atoms with van der Waals surface area (Å²) in [6.45, 7) is -5.96. The number of halogens is 2. The van der Waals surface area contributed by atoms with Crippen LogP contribution in [0.15, 0.2) is 29.6 Å². The van der Waals surface area contributed by atoms with Gasteiger partial charge in [-0.05, 0) is 17.9 Å². The lowest BCUT2D eigenvalue weighted by atomic mass is 9.99. The van der Waals surface area contributed by atoms with E-state index in [1.54, 1.807) is 0 Å². The van der Waals surface area contributed by atoms with Crippen molar-refractivity contribution in [3.8, 4) is 12.3 Å². The molecule has 0 aromatic carbocycles. The molecule has 23 heteroatoms. The molecule has 2 unspecified atom stereocenters. The van der Waals surface area contributed by atoms with Crippen LogP contribution < -0.4 is 17.0 Å². The van der Waals surface area contributed by atoms with Crippen molar-refractivity contribution in [1.82, 2.24) is 29.1 Å². The van der Waals surface area contributed by atoms with Crippen LogP contribution >= 0.6 is 14.5 Å². The second-order valence-corrected chi connectivity index (χ2v) is 15.0. The van der Waals surface area contributed by atoms with Gasteiger partial charge in [-0.1, -0.05) is 5.92 Å². The number of ether oxygens (including phenoxy) is 2. The van der Waals surface area contributed by atoms with Crippen LogP contribution in [0.3, 0.4) is 0 Å². The number of nitrogen functional groups attached to an aromatic ring is 2. The van der Waals surface area contributed by atoms with Gasteiger partial charge < -0.3 is 44.3 Å². The van der Waals surface area contributed by atoms with Gasteiger partial charge >= 0.3 is 14.5 Å². The van der Waals surface area contributed by atoms with Crippen molar-refractivity contribution in [1.29, 1.82) is 0 Å². The Bertz CT molecular complexity index is 2110. The number of hydrogen-bond donors (Lipinski definition) is 5. The van der Waals surface area contributed by atoms with E-state index < -0.39 is 81.7 Å². The van der Waals surface area contributed by atoms with E-state index in [1.165, 1.54) is 16.8 Å². The first-order chi connectivity index (χ1) is 22.2. The van der Waals surface area contributed by atoms with E-state index in [1.807, 2.05) is 0 Å². The SMILES string of the molecule is C#C[C@@]12COP(=O)(O)O[C@@H]3[C@H](F)[C@@H](COP(O)(=S)O[C@H]1C[C@H](n1cc(F)c4c(N)ccnc41)O2)O[C@H]3n1cnc2c(=O)[nH]c(N)nc21. The Hall–Kier alpha value is -3.38. The molecule has 18 nitrogen and oxygen atoms in total. The number of alkyl halides is 1. The molecule has 0 saturated carbocycles. The lowest BCUT2D eigenvalue weighted by molar-refractivity contribution is -0.0928. The number of fused-ring (bicyclic) bond motifs is 5. The van der Waals surface area contributed by atoms with Crippen LogP contribution in [0.25, 0.3) is 22.2 Å². The van der Waals surface area contributed by atoms with Crippen molar-refractivity contribution in [3.05, 3.63) is 41.0 Å². The first-order valence-corrected chi connectivity index (χ1v) is 17.7. The van der Waals surface area contributed by atoms with E-state index in [0.717, 1.165) is 17.1 Å². The van der Waals surface area contributed by atoms with E-state index in [0.29, 0.717) is 0 Å². The van der Waals surface area contributed by atoms with Crippen molar-refractivity contribution in [3.63, 3.8) is 0 Å². The predicted octanol–water partition coefficient (Wildman–Crippen LogP) is 1.13. The van der Waals surface area contributed by atoms with Gasteiger partial charge in [-0.2, -0.15) is 4.98 Å². The summed E-state index contributed by atoms with van der Waals surface area (Å²) >= 11 is 5.20. The number of aromatic nitrogens is 6. The fourth-order valence-corrected chi connectivity index (χ4v) is 8.14. The Morgan fingerprint density at radius 3 is 2.77 bits per heavy atom. The number of H-pyrrole nitrogens is 1. The molecule has 0 radical (unpaired) electrons. The minimum Gasteiger partial charge on any atom is -0.398 e. The zero-order chi connectivity index (χ0) is 33.5. The minimum absolute atomic E-state index is 0.00741. The van der Waals surface area contributed by atoms with Crippen molar-refractivity contribution in [2.24, 2.45) is 0 Å². The maximum atomic E-state index is 15.9. The zero-order valence-electron chi connectivity index (χ0n) is 23.6. The first-order valence-electron chi connectivity index (χ1n) is 13.6. The predicted molar refractivity (Wildman–Crippen MR) is 160 cm³/mol. The number of imidazole rings is 1. The molecule has 47 heavy (non-hydrogen) atoms. The van der Waals surface area contributed by atoms with Gasteiger partial charge in [0.05, 0.1) is 18.3 Å². The highest BCUT2D eigenvalue weighted by Crippen LogP contribution is 2.56. The molecule has 7 heterocycles. The molecule has 0 spiro atoms. The third-order valence-corrected chi connectivity index (χ3v) is 10.4. The number of nitrogens with two attached hydrogens (primary N) is 2. The van der Waals surface area contributed by atoms with Gasteiger partial charge in [0.25, 0.3) is 5.56 Å². The standard InChI is InChI=1S/C24H24F2N8O10P2S/c1-2-24-8-40-45(36,37)44-18-16(26)12(41-22(18)34-9-30-17-20(34)31-23(28)32-21(17)35)7-39-46(38,47)43-13(24)5-14(42-24)33-6-10(25)15-11(27)3-4-29-19(15)33/h1,3-4,6,9,12-14,16,18,22H,5,7-8H2,(H2,27,29)(H,36,37)(H,38,47)(H3,28,31,32,35)/t12-,13+,14-,16-,18-,22-,24-,46?/m1/s1. The molecule has 4 aromatic rings. The highest BCUT2D eigenvalue weighted by molar-refractivity contribution is 8.07. The Morgan fingerprint density at radius 1 is 1.21 bits per heavy atom. The van der Waals surface area contributed by atoms with Crippen molar-refractivity contribution in [2.45, 2.75) is 49.0 Å². The van der Waals surface area contributed by atoms with Gasteiger partial charge in [0.15, 0.2) is 35.0 Å². The number of nitrogens with one attached hydrogen (secondary N) is 1. The van der Waals surface area contributed by atoms with Gasteiger partial charge in [0, 0.05) is 24.5 Å². The molecular formula is C24H24F2N8O10P2S. The Balaban J connectivity index is 1.24. The molecule has 250 valence electrons. The van der Waals surface area contributed by atoms with E-state index in [9.17, 15) is 23.5 Å². The molecule has 7 rings (SSSR count). The molecule has 2 bridgehead atoms. The van der Waals surface area contributed by atoms with Gasteiger partial charge in [0.1, 0.15) is 36.8 Å². The molecule has 3 aliphatic heterocycles. The van der Waals surface area contributed by atoms with Crippen LogP contribution in [0.1, 0.15) is 18.9 Å². The van der Waals surface area contributed by atoms with Crippen molar-refractivity contribution in [2.75, 3.05) is 24.7 Å². The number of phosphoric acid groups is 1. The minimum atomic E-state index is -5.24. The van der Waals surface area contributed by atoms with Gasteiger partial charge in [-0.25, -0.2) is 23.3 Å². The van der Waals surface area contributed by atoms with E-state index in [-0.39, 0.29) is 40.3 Å². The lowest BCUT2D eigenvalue weighted by Crippen LogP contribution is -2.43. The van der Waals surface area contributed by atoms with Crippen LogP contribution in [0, 0.1) is 18.2 Å². The summed E-state index contributed by atoms with van der Waals surface area (Å²) in [6.07, 6.45) is -0.659. The van der Waals surface area contributed by atoms with Gasteiger partial charge in [-0.3, -0.25) is 23.4 Å². The summed E-state index contributed by atoms with van der Waals surface area (Å²) in [5, 5.41) is 0.00741. The van der Waals surface area contributed by atoms with Gasteiger partial charge in [0.2, 0.25) is 5.95 Å². The number of hydrogen-bond acceptors (Lipinski definition) is 14. The van der Waals surface area contributed by atoms with Crippen LogP contribution in [0.4, 0.5) is 20.4 Å².